The predicted molar refractivity (Wildman–Crippen MR) is 223 cm³/mol. The number of aliphatic hydroxyl groups excluding tert-OH is 1. The van der Waals surface area contributed by atoms with Crippen LogP contribution in [0.1, 0.15) is 64.5 Å². The smallest absolute Gasteiger partial charge is 0.162 e. The molecule has 0 aliphatic carbocycles. The van der Waals surface area contributed by atoms with E-state index >= 15 is 0 Å². The summed E-state index contributed by atoms with van der Waals surface area (Å²) in [7, 11) is 0. The second kappa shape index (κ2) is 20.6. The maximum atomic E-state index is 14.0. The zero-order chi connectivity index (χ0) is 38.6. The molecule has 0 spiro atoms. The van der Waals surface area contributed by atoms with Gasteiger partial charge in [0.2, 0.25) is 0 Å². The Morgan fingerprint density at radius 3 is 2.07 bits per heavy atom. The van der Waals surface area contributed by atoms with Crippen LogP contribution in [0.4, 0.5) is 4.39 Å². The molecule has 2 heterocycles. The third kappa shape index (κ3) is 10.8. The number of halogens is 1. The Bertz CT molecular complexity index is 2350. The number of hydrogen-bond donors (Lipinski definition) is 1. The molecule has 0 unspecified atom stereocenters. The van der Waals surface area contributed by atoms with Crippen LogP contribution < -0.4 is 0 Å². The first-order valence-corrected chi connectivity index (χ1v) is 18.9. The number of ketones is 1. The van der Waals surface area contributed by atoms with E-state index in [4.69, 9.17) is 0 Å². The molecule has 1 N–H and O–H groups in total. The number of nitrogens with zero attached hydrogens (tertiary/aromatic N) is 2. The number of rotatable bonds is 9. The average Bonchev–Trinajstić information content (AvgIpc) is 3.19. The fourth-order valence-corrected chi connectivity index (χ4v) is 6.79. The number of hydrogen-bond acceptors (Lipinski definition) is 4. The van der Waals surface area contributed by atoms with Crippen LogP contribution in [0.3, 0.4) is 0 Å². The average molecular weight is 909 g/mol. The van der Waals surface area contributed by atoms with Crippen LogP contribution in [0.15, 0.2) is 127 Å². The molecule has 0 saturated carbocycles. The van der Waals surface area contributed by atoms with Crippen LogP contribution >= 0.6 is 0 Å². The number of allylic oxidation sites excluding steroid dienone is 2. The van der Waals surface area contributed by atoms with Crippen LogP contribution in [0, 0.1) is 43.6 Å². The zero-order valence-electron chi connectivity index (χ0n) is 32.5. The first-order valence-electron chi connectivity index (χ1n) is 18.9. The fourth-order valence-electron chi connectivity index (χ4n) is 6.79. The summed E-state index contributed by atoms with van der Waals surface area (Å²) in [5, 5.41) is 15.7. The minimum atomic E-state index is -0.194. The number of benzene rings is 5. The molecule has 0 aliphatic heterocycles. The third-order valence-electron chi connectivity index (χ3n) is 9.85. The maximum Gasteiger partial charge on any atom is 0.162 e. The molecule has 0 bridgehead atoms. The van der Waals surface area contributed by atoms with Gasteiger partial charge in [-0.05, 0) is 76.1 Å². The van der Waals surface area contributed by atoms with Crippen molar-refractivity contribution in [2.45, 2.75) is 67.2 Å². The van der Waals surface area contributed by atoms with Gasteiger partial charge >= 0.3 is 0 Å². The van der Waals surface area contributed by atoms with Crippen molar-refractivity contribution in [3.63, 3.8) is 0 Å². The Balaban J connectivity index is 0.000000188. The second-order valence-electron chi connectivity index (χ2n) is 13.6. The van der Waals surface area contributed by atoms with Gasteiger partial charge in [-0.2, -0.15) is 0 Å². The van der Waals surface area contributed by atoms with E-state index in [1.807, 2.05) is 101 Å². The minimum Gasteiger partial charge on any atom is -0.512 e. The van der Waals surface area contributed by atoms with E-state index in [9.17, 15) is 14.3 Å². The van der Waals surface area contributed by atoms with Crippen LogP contribution in [0.5, 0.6) is 0 Å². The number of fused-ring (bicyclic) bond motifs is 4. The molecule has 0 amide bonds. The molecular weight excluding hydrogens is 860 g/mol. The Kier molecular flexibility index (Phi) is 16.0. The molecule has 0 saturated heterocycles. The number of aromatic nitrogens is 2. The van der Waals surface area contributed by atoms with Gasteiger partial charge in [0.15, 0.2) is 5.78 Å². The molecule has 1 radical (unpaired) electrons. The Labute approximate surface area is 338 Å². The summed E-state index contributed by atoms with van der Waals surface area (Å²) in [4.78, 5) is 20.7. The summed E-state index contributed by atoms with van der Waals surface area (Å²) in [6.45, 7) is 12.2. The number of aryl methyl sites for hydroxylation is 2. The van der Waals surface area contributed by atoms with Crippen molar-refractivity contribution in [2.24, 2.45) is 11.8 Å². The van der Waals surface area contributed by atoms with Gasteiger partial charge in [0.1, 0.15) is 5.82 Å². The van der Waals surface area contributed by atoms with E-state index in [1.54, 1.807) is 12.3 Å². The van der Waals surface area contributed by atoms with Crippen molar-refractivity contribution in [3.05, 3.63) is 156 Å². The monoisotopic (exact) mass is 909 g/mol. The molecule has 5 aromatic carbocycles. The largest absolute Gasteiger partial charge is 0.512 e. The van der Waals surface area contributed by atoms with Gasteiger partial charge in [0.25, 0.3) is 0 Å². The van der Waals surface area contributed by atoms with Gasteiger partial charge in [-0.1, -0.05) is 96.1 Å². The first-order chi connectivity index (χ1) is 26.2. The van der Waals surface area contributed by atoms with Gasteiger partial charge in [0, 0.05) is 55.8 Å². The molecule has 55 heavy (non-hydrogen) atoms. The molecule has 4 nitrogen and oxygen atoms in total. The number of carbonyl (C=O) groups excluding carboxylic acids is 1. The van der Waals surface area contributed by atoms with E-state index in [0.29, 0.717) is 5.39 Å². The Morgan fingerprint density at radius 2 is 1.40 bits per heavy atom. The SMILES string of the molecule is CCC(CC)C(=O)/C=C(\O)C(CC)CC.Cc1[c-]c(-c2nccc3c2ccc2c(F)cccc23)cc(C)c1.[Ir].[c-]1ccccc1-c1cc2ccccc2cn1. The summed E-state index contributed by atoms with van der Waals surface area (Å²) in [5.41, 5.74) is 6.14. The van der Waals surface area contributed by atoms with Crippen molar-refractivity contribution >= 4 is 38.1 Å². The number of carbonyl (C=O) groups is 1. The molecule has 7 rings (SSSR count). The van der Waals surface area contributed by atoms with E-state index in [-0.39, 0.29) is 49.3 Å². The van der Waals surface area contributed by atoms with Crippen LogP contribution in [-0.4, -0.2) is 20.9 Å². The molecule has 0 aliphatic rings. The third-order valence-corrected chi connectivity index (χ3v) is 9.85. The van der Waals surface area contributed by atoms with Crippen molar-refractivity contribution in [1.29, 1.82) is 0 Å². The summed E-state index contributed by atoms with van der Waals surface area (Å²) in [5.74, 6) is 0.354. The van der Waals surface area contributed by atoms with Gasteiger partial charge in [-0.15, -0.1) is 70.8 Å². The predicted octanol–water partition coefficient (Wildman–Crippen LogP) is 13.2. The molecular formula is C49H49FIrN2O2-2. The molecule has 6 heteroatoms. The van der Waals surface area contributed by atoms with Crippen LogP contribution in [0.2, 0.25) is 0 Å². The van der Waals surface area contributed by atoms with Crippen LogP contribution in [-0.2, 0) is 24.9 Å². The van der Waals surface area contributed by atoms with E-state index in [0.717, 1.165) is 69.9 Å². The first kappa shape index (κ1) is 42.7. The van der Waals surface area contributed by atoms with Crippen LogP contribution in [0.25, 0.3) is 54.8 Å². The van der Waals surface area contributed by atoms with Gasteiger partial charge in [-0.3, -0.25) is 4.79 Å². The van der Waals surface area contributed by atoms with E-state index in [2.05, 4.69) is 59.4 Å². The van der Waals surface area contributed by atoms with E-state index in [1.165, 1.54) is 28.5 Å². The molecule has 285 valence electrons. The molecule has 0 atom stereocenters. The van der Waals surface area contributed by atoms with Crippen molar-refractivity contribution < 1.29 is 34.4 Å². The minimum absolute atomic E-state index is 0. The quantitative estimate of drug-likeness (QED) is 0.0678. The Hall–Kier alpha value is -5.03. The van der Waals surface area contributed by atoms with Crippen molar-refractivity contribution in [1.82, 2.24) is 9.97 Å². The standard InChI is InChI=1S/C21H15FN.C15H10N.C13H24O2.Ir/c1-13-10-14(2)12-15(11-13)21-19-7-6-18-16(4-3-5-20(18)22)17(19)8-9-23-21;1-2-6-12(7-3-1)15-10-13-8-4-5-9-14(13)11-16-15;1-5-10(6-2)12(14)9-13(15)11(7-3)8-4;/h3-11H,1-2H3;1-6,8-11H;9-11,14H,5-8H2,1-4H3;/q2*-1;;/b;;12-9-;. The summed E-state index contributed by atoms with van der Waals surface area (Å²) >= 11 is 0. The number of pyridine rings is 2. The summed E-state index contributed by atoms with van der Waals surface area (Å²) in [6, 6.07) is 39.9. The summed E-state index contributed by atoms with van der Waals surface area (Å²) in [6.07, 6.45) is 8.60. The van der Waals surface area contributed by atoms with E-state index < -0.39 is 0 Å². The Morgan fingerprint density at radius 1 is 0.727 bits per heavy atom. The molecule has 2 aromatic heterocycles. The molecule has 0 fully saturated rings. The van der Waals surface area contributed by atoms with Crippen molar-refractivity contribution in [3.8, 4) is 22.5 Å². The molecule has 7 aromatic rings. The second-order valence-corrected chi connectivity index (χ2v) is 13.6. The summed E-state index contributed by atoms with van der Waals surface area (Å²) < 4.78 is 14.0. The van der Waals surface area contributed by atoms with Gasteiger partial charge < -0.3 is 15.1 Å². The zero-order valence-corrected chi connectivity index (χ0v) is 34.9. The van der Waals surface area contributed by atoms with Gasteiger partial charge in [-0.25, -0.2) is 4.39 Å². The normalized spacial score (nSPS) is 11.2. The number of aliphatic hydroxyl groups is 1. The van der Waals surface area contributed by atoms with Crippen molar-refractivity contribution in [2.75, 3.05) is 0 Å². The topological polar surface area (TPSA) is 63.1 Å². The van der Waals surface area contributed by atoms with Gasteiger partial charge in [0.05, 0.1) is 5.76 Å². The fraction of sp³-hybridized carbons (Fsp3) is 0.245. The maximum absolute atomic E-state index is 14.0.